The zero-order valence-electron chi connectivity index (χ0n) is 27.4. The van der Waals surface area contributed by atoms with E-state index >= 15 is 0 Å². The van der Waals surface area contributed by atoms with Crippen LogP contribution in [0.2, 0.25) is 0 Å². The monoisotopic (exact) mass is 636 g/mol. The zero-order chi connectivity index (χ0) is 33.0. The molecule has 0 atom stereocenters. The van der Waals surface area contributed by atoms with Crippen molar-refractivity contribution in [1.82, 2.24) is 4.57 Å². The molecule has 0 bridgehead atoms. The second kappa shape index (κ2) is 11.5. The van der Waals surface area contributed by atoms with Gasteiger partial charge in [0.2, 0.25) is 0 Å². The summed E-state index contributed by atoms with van der Waals surface area (Å²) >= 11 is 0. The highest BCUT2D eigenvalue weighted by atomic mass is 15.1. The van der Waals surface area contributed by atoms with Gasteiger partial charge in [0.25, 0.3) is 0 Å². The minimum absolute atomic E-state index is 1.10. The average molecular weight is 637 g/mol. The molecule has 0 aliphatic heterocycles. The van der Waals surface area contributed by atoms with Crippen LogP contribution in [0.25, 0.3) is 70.9 Å². The normalized spacial score (nSPS) is 11.6. The third-order valence-electron chi connectivity index (χ3n) is 10.2. The number of hydrogen-bond acceptors (Lipinski definition) is 1. The molecule has 1 aromatic heterocycles. The Hall–Kier alpha value is -6.64. The Kier molecular flexibility index (Phi) is 6.53. The number of hydrogen-bond donors (Lipinski definition) is 0. The van der Waals surface area contributed by atoms with Gasteiger partial charge in [-0.2, -0.15) is 0 Å². The van der Waals surface area contributed by atoms with Crippen LogP contribution in [-0.4, -0.2) is 4.57 Å². The van der Waals surface area contributed by atoms with Gasteiger partial charge in [-0.3, -0.25) is 0 Å². The van der Waals surface area contributed by atoms with E-state index in [1.807, 2.05) is 0 Å². The van der Waals surface area contributed by atoms with Crippen LogP contribution in [0.1, 0.15) is 0 Å². The average Bonchev–Trinajstić information content (AvgIpc) is 3.53. The van der Waals surface area contributed by atoms with Crippen LogP contribution >= 0.6 is 0 Å². The van der Waals surface area contributed by atoms with Crippen molar-refractivity contribution in [2.75, 3.05) is 4.90 Å². The van der Waals surface area contributed by atoms with Crippen LogP contribution in [0.5, 0.6) is 0 Å². The predicted molar refractivity (Wildman–Crippen MR) is 213 cm³/mol. The topological polar surface area (TPSA) is 8.17 Å². The van der Waals surface area contributed by atoms with Crippen molar-refractivity contribution in [2.45, 2.75) is 0 Å². The highest BCUT2D eigenvalue weighted by Crippen LogP contribution is 2.46. The lowest BCUT2D eigenvalue weighted by Crippen LogP contribution is -2.12. The summed E-state index contributed by atoms with van der Waals surface area (Å²) in [6.45, 7) is 0. The van der Waals surface area contributed by atoms with Crippen molar-refractivity contribution >= 4 is 71.2 Å². The van der Waals surface area contributed by atoms with Crippen molar-refractivity contribution in [3.8, 4) is 16.8 Å². The second-order valence-electron chi connectivity index (χ2n) is 12.9. The summed E-state index contributed by atoms with van der Waals surface area (Å²) in [5, 5.41) is 10.0. The Morgan fingerprint density at radius 2 is 0.900 bits per heavy atom. The number of para-hydroxylation sites is 3. The van der Waals surface area contributed by atoms with E-state index in [0.29, 0.717) is 0 Å². The van der Waals surface area contributed by atoms with Crippen LogP contribution in [0.3, 0.4) is 0 Å². The lowest BCUT2D eigenvalue weighted by Gasteiger charge is -2.30. The van der Waals surface area contributed by atoms with E-state index in [4.69, 9.17) is 0 Å². The van der Waals surface area contributed by atoms with Crippen LogP contribution in [0.4, 0.5) is 17.1 Å². The van der Waals surface area contributed by atoms with Gasteiger partial charge in [-0.25, -0.2) is 0 Å². The molecule has 0 unspecified atom stereocenters. The number of nitrogens with zero attached hydrogens (tertiary/aromatic N) is 2. The minimum atomic E-state index is 1.10. The molecule has 0 aliphatic carbocycles. The maximum Gasteiger partial charge on any atom is 0.0546 e. The van der Waals surface area contributed by atoms with E-state index in [-0.39, 0.29) is 0 Å². The third kappa shape index (κ3) is 4.43. The summed E-state index contributed by atoms with van der Waals surface area (Å²) in [7, 11) is 0. The summed E-state index contributed by atoms with van der Waals surface area (Å²) in [5.41, 5.74) is 9.30. The van der Waals surface area contributed by atoms with Gasteiger partial charge >= 0.3 is 0 Å². The largest absolute Gasteiger partial charge is 0.309 e. The SMILES string of the molecule is c1ccc(-c2ccccc2N(c2ccc(-n3c4ccccc4c4ccccc43)cc2)c2cc3c4ccccc4ccc3c3ccccc23)cc1. The maximum absolute atomic E-state index is 2.46. The first kappa shape index (κ1) is 28.4. The molecule has 9 aromatic carbocycles. The summed E-state index contributed by atoms with van der Waals surface area (Å²) in [6, 6.07) is 70.5. The van der Waals surface area contributed by atoms with Gasteiger partial charge in [-0.1, -0.05) is 146 Å². The molecule has 0 amide bonds. The lowest BCUT2D eigenvalue weighted by molar-refractivity contribution is 1.17. The molecule has 10 rings (SSSR count). The molecular formula is C48H32N2. The van der Waals surface area contributed by atoms with Gasteiger partial charge in [0.1, 0.15) is 0 Å². The zero-order valence-corrected chi connectivity index (χ0v) is 27.4. The van der Waals surface area contributed by atoms with E-state index < -0.39 is 0 Å². The van der Waals surface area contributed by atoms with Crippen molar-refractivity contribution in [2.24, 2.45) is 0 Å². The molecule has 0 saturated carbocycles. The smallest absolute Gasteiger partial charge is 0.0546 e. The molecule has 2 heteroatoms. The molecular weight excluding hydrogens is 605 g/mol. The Labute approximate surface area is 290 Å². The van der Waals surface area contributed by atoms with E-state index in [2.05, 4.69) is 204 Å². The van der Waals surface area contributed by atoms with Gasteiger partial charge in [-0.05, 0) is 81.0 Å². The first-order valence-corrected chi connectivity index (χ1v) is 17.2. The van der Waals surface area contributed by atoms with Gasteiger partial charge in [0.05, 0.1) is 22.4 Å². The van der Waals surface area contributed by atoms with Crippen molar-refractivity contribution in [3.05, 3.63) is 194 Å². The molecule has 50 heavy (non-hydrogen) atoms. The number of anilines is 3. The molecule has 0 saturated heterocycles. The molecule has 10 aromatic rings. The number of aromatic nitrogens is 1. The first-order valence-electron chi connectivity index (χ1n) is 17.2. The van der Waals surface area contributed by atoms with Crippen LogP contribution in [-0.2, 0) is 0 Å². The summed E-state index contributed by atoms with van der Waals surface area (Å²) in [5.74, 6) is 0. The first-order chi connectivity index (χ1) is 24.8. The van der Waals surface area contributed by atoms with E-state index in [1.165, 1.54) is 65.3 Å². The van der Waals surface area contributed by atoms with E-state index in [9.17, 15) is 0 Å². The Morgan fingerprint density at radius 3 is 1.64 bits per heavy atom. The lowest BCUT2D eigenvalue weighted by atomic mass is 9.94. The van der Waals surface area contributed by atoms with Crippen LogP contribution in [0, 0.1) is 0 Å². The third-order valence-corrected chi connectivity index (χ3v) is 10.2. The van der Waals surface area contributed by atoms with Crippen molar-refractivity contribution in [3.63, 3.8) is 0 Å². The summed E-state index contributed by atoms with van der Waals surface area (Å²) < 4.78 is 2.38. The quantitative estimate of drug-likeness (QED) is 0.171. The van der Waals surface area contributed by atoms with Crippen LogP contribution < -0.4 is 4.90 Å². The Balaban J connectivity index is 1.25. The highest BCUT2D eigenvalue weighted by Gasteiger charge is 2.21. The fourth-order valence-corrected chi connectivity index (χ4v) is 7.92. The summed E-state index contributed by atoms with van der Waals surface area (Å²) in [4.78, 5) is 2.46. The molecule has 0 N–H and O–H groups in total. The molecule has 2 nitrogen and oxygen atoms in total. The molecule has 1 heterocycles. The van der Waals surface area contributed by atoms with Gasteiger partial charge < -0.3 is 9.47 Å². The van der Waals surface area contributed by atoms with Crippen molar-refractivity contribution < 1.29 is 0 Å². The fraction of sp³-hybridized carbons (Fsp3) is 0. The minimum Gasteiger partial charge on any atom is -0.309 e. The number of benzene rings is 9. The highest BCUT2D eigenvalue weighted by molar-refractivity contribution is 6.21. The maximum atomic E-state index is 2.46. The van der Waals surface area contributed by atoms with E-state index in [0.717, 1.165) is 22.7 Å². The van der Waals surface area contributed by atoms with Gasteiger partial charge in [0, 0.05) is 33.1 Å². The standard InChI is InChI=1S/C48H32N2/c1-2-14-33(15-3-1)38-18-8-11-23-45(38)50(48-32-44-37-17-5-4-16-34(37)26-31-40(44)39-19-6-7-20-41(39)48)36-29-27-35(28-30-36)49-46-24-12-9-21-42(46)43-22-10-13-25-47(43)49/h1-32H. The fourth-order valence-electron chi connectivity index (χ4n) is 7.92. The molecule has 0 radical (unpaired) electrons. The van der Waals surface area contributed by atoms with E-state index in [1.54, 1.807) is 0 Å². The van der Waals surface area contributed by atoms with Gasteiger partial charge in [0.15, 0.2) is 0 Å². The van der Waals surface area contributed by atoms with Crippen LogP contribution in [0.15, 0.2) is 194 Å². The molecule has 0 fully saturated rings. The number of fused-ring (bicyclic) bond motifs is 8. The Bertz CT molecular complexity index is 2810. The molecule has 0 aliphatic rings. The van der Waals surface area contributed by atoms with Gasteiger partial charge in [-0.15, -0.1) is 0 Å². The number of rotatable bonds is 5. The second-order valence-corrected chi connectivity index (χ2v) is 12.9. The Morgan fingerprint density at radius 1 is 0.340 bits per heavy atom. The molecule has 234 valence electrons. The summed E-state index contributed by atoms with van der Waals surface area (Å²) in [6.07, 6.45) is 0. The molecule has 0 spiro atoms. The predicted octanol–water partition coefficient (Wildman–Crippen LogP) is 13.4. The van der Waals surface area contributed by atoms with Crippen molar-refractivity contribution in [1.29, 1.82) is 0 Å².